The Labute approximate surface area is 158 Å². The third kappa shape index (κ3) is 3.50. The third-order valence-electron chi connectivity index (χ3n) is 6.24. The maximum absolute atomic E-state index is 10.3. The molecule has 140 valence electrons. The first-order valence-electron chi connectivity index (χ1n) is 9.26. The number of thioether (sulfide) groups is 2. The van der Waals surface area contributed by atoms with E-state index in [1.807, 2.05) is 13.8 Å². The van der Waals surface area contributed by atoms with Crippen LogP contribution in [-0.4, -0.2) is 81.9 Å². The van der Waals surface area contributed by atoms with Crippen LogP contribution in [0, 0.1) is 25.2 Å². The summed E-state index contributed by atoms with van der Waals surface area (Å²) in [4.78, 5) is 5.18. The lowest BCUT2D eigenvalue weighted by Gasteiger charge is -2.31. The van der Waals surface area contributed by atoms with Crippen LogP contribution in [0.25, 0.3) is 0 Å². The summed E-state index contributed by atoms with van der Waals surface area (Å²) >= 11 is 4.20. The van der Waals surface area contributed by atoms with E-state index in [4.69, 9.17) is 4.52 Å². The van der Waals surface area contributed by atoms with Gasteiger partial charge >= 0.3 is 0 Å². The van der Waals surface area contributed by atoms with Gasteiger partial charge in [-0.2, -0.15) is 23.5 Å². The predicted octanol–water partition coefficient (Wildman–Crippen LogP) is 1.87. The fourth-order valence-corrected chi connectivity index (χ4v) is 7.35. The maximum Gasteiger partial charge on any atom is 0.138 e. The normalized spacial score (nSPS) is 32.2. The Balaban J connectivity index is 1.42. The quantitative estimate of drug-likeness (QED) is 0.852. The lowest BCUT2D eigenvalue weighted by molar-refractivity contribution is 0.107. The van der Waals surface area contributed by atoms with Gasteiger partial charge in [0.2, 0.25) is 0 Å². The molecule has 0 aromatic carbocycles. The second-order valence-corrected chi connectivity index (χ2v) is 10.2. The Morgan fingerprint density at radius 2 is 1.96 bits per heavy atom. The summed E-state index contributed by atoms with van der Waals surface area (Å²) in [6, 6.07) is 0.683. The Bertz CT molecular complexity index is 584. The lowest BCUT2D eigenvalue weighted by atomic mass is 9.82. The van der Waals surface area contributed by atoms with Gasteiger partial charge in [-0.1, -0.05) is 5.16 Å². The first-order chi connectivity index (χ1) is 12.1. The van der Waals surface area contributed by atoms with E-state index in [2.05, 4.69) is 38.5 Å². The van der Waals surface area contributed by atoms with Crippen molar-refractivity contribution in [1.29, 1.82) is 0 Å². The monoisotopic (exact) mass is 383 g/mol. The van der Waals surface area contributed by atoms with E-state index in [0.29, 0.717) is 18.6 Å². The van der Waals surface area contributed by atoms with E-state index in [-0.39, 0.29) is 5.41 Å². The third-order valence-corrected chi connectivity index (χ3v) is 8.73. The van der Waals surface area contributed by atoms with Crippen molar-refractivity contribution in [2.45, 2.75) is 26.4 Å². The largest absolute Gasteiger partial charge is 0.396 e. The fraction of sp³-hybridized carbons (Fsp3) is 0.833. The molecule has 7 heteroatoms. The van der Waals surface area contributed by atoms with Gasteiger partial charge in [-0.25, -0.2) is 0 Å². The molecule has 5 nitrogen and oxygen atoms in total. The van der Waals surface area contributed by atoms with Crippen molar-refractivity contribution in [3.63, 3.8) is 0 Å². The molecule has 0 saturated carbocycles. The van der Waals surface area contributed by atoms with Crippen LogP contribution in [0.15, 0.2) is 4.52 Å². The highest BCUT2D eigenvalue weighted by atomic mass is 32.2. The molecule has 0 spiro atoms. The highest BCUT2D eigenvalue weighted by Gasteiger charge is 2.53. The Morgan fingerprint density at radius 1 is 1.20 bits per heavy atom. The van der Waals surface area contributed by atoms with E-state index in [1.54, 1.807) is 0 Å². The number of rotatable bonds is 4. The molecule has 3 aliphatic rings. The van der Waals surface area contributed by atoms with E-state index in [9.17, 15) is 5.11 Å². The minimum Gasteiger partial charge on any atom is -0.396 e. The Morgan fingerprint density at radius 3 is 2.56 bits per heavy atom. The summed E-state index contributed by atoms with van der Waals surface area (Å²) in [5, 5.41) is 14.3. The Kier molecular flexibility index (Phi) is 5.40. The van der Waals surface area contributed by atoms with Crippen LogP contribution < -0.4 is 0 Å². The predicted molar refractivity (Wildman–Crippen MR) is 104 cm³/mol. The molecule has 1 aromatic rings. The molecule has 25 heavy (non-hydrogen) atoms. The molecule has 2 atom stereocenters. The molecule has 3 aliphatic heterocycles. The molecule has 1 N–H and O–H groups in total. The first-order valence-corrected chi connectivity index (χ1v) is 11.6. The number of aryl methyl sites for hydroxylation is 2. The van der Waals surface area contributed by atoms with Crippen LogP contribution in [0.1, 0.15) is 17.0 Å². The SMILES string of the molecule is Cc1noc(C)c1CN1CC2CN(C3CSCCSC3)CC2(CO)C1. The van der Waals surface area contributed by atoms with Crippen molar-refractivity contribution in [1.82, 2.24) is 15.0 Å². The van der Waals surface area contributed by atoms with Gasteiger partial charge in [-0.15, -0.1) is 0 Å². The fourth-order valence-electron chi connectivity index (χ4n) is 4.72. The smallest absolute Gasteiger partial charge is 0.138 e. The molecule has 0 radical (unpaired) electrons. The number of nitrogens with zero attached hydrogens (tertiary/aromatic N) is 3. The van der Waals surface area contributed by atoms with Gasteiger partial charge in [-0.05, 0) is 19.8 Å². The summed E-state index contributed by atoms with van der Waals surface area (Å²) in [6.45, 7) is 9.48. The number of aromatic nitrogens is 1. The van der Waals surface area contributed by atoms with Crippen molar-refractivity contribution < 1.29 is 9.63 Å². The average molecular weight is 384 g/mol. The standard InChI is InChI=1S/C18H29N3O2S2/c1-13-17(14(2)23-19-13)7-20-5-15-6-21(11-18(15,10-20)12-22)16-8-24-3-4-25-9-16/h15-16,22H,3-12H2,1-2H3. The topological polar surface area (TPSA) is 52.7 Å². The van der Waals surface area contributed by atoms with Crippen molar-refractivity contribution in [3.05, 3.63) is 17.0 Å². The van der Waals surface area contributed by atoms with Crippen molar-refractivity contribution >= 4 is 23.5 Å². The Hall–Kier alpha value is -0.210. The van der Waals surface area contributed by atoms with E-state index in [0.717, 1.165) is 44.2 Å². The number of hydrogen-bond donors (Lipinski definition) is 1. The number of aliphatic hydroxyl groups is 1. The molecule has 4 rings (SSSR count). The summed E-state index contributed by atoms with van der Waals surface area (Å²) in [5.74, 6) is 6.59. The van der Waals surface area contributed by atoms with Crippen LogP contribution in [0.4, 0.5) is 0 Å². The number of likely N-dealkylation sites (tertiary alicyclic amines) is 2. The van der Waals surface area contributed by atoms with Crippen molar-refractivity contribution in [2.24, 2.45) is 11.3 Å². The van der Waals surface area contributed by atoms with Crippen LogP contribution in [0.2, 0.25) is 0 Å². The summed E-state index contributed by atoms with van der Waals surface area (Å²) in [5.41, 5.74) is 2.28. The van der Waals surface area contributed by atoms with Gasteiger partial charge < -0.3 is 9.63 Å². The molecular formula is C18H29N3O2S2. The molecule has 3 saturated heterocycles. The molecule has 3 fully saturated rings. The summed E-state index contributed by atoms with van der Waals surface area (Å²) in [7, 11) is 0. The van der Waals surface area contributed by atoms with E-state index >= 15 is 0 Å². The molecule has 4 heterocycles. The van der Waals surface area contributed by atoms with Gasteiger partial charge in [0.1, 0.15) is 5.76 Å². The van der Waals surface area contributed by atoms with Crippen LogP contribution in [0.3, 0.4) is 0 Å². The average Bonchev–Trinajstić information content (AvgIpc) is 3.11. The zero-order valence-electron chi connectivity index (χ0n) is 15.2. The lowest BCUT2D eigenvalue weighted by Crippen LogP contribution is -2.42. The van der Waals surface area contributed by atoms with Gasteiger partial charge in [0.25, 0.3) is 0 Å². The van der Waals surface area contributed by atoms with Gasteiger partial charge in [0, 0.05) is 72.8 Å². The minimum atomic E-state index is 0.0562. The maximum atomic E-state index is 10.3. The number of aliphatic hydroxyl groups excluding tert-OH is 1. The van der Waals surface area contributed by atoms with Crippen molar-refractivity contribution in [2.75, 3.05) is 55.8 Å². The van der Waals surface area contributed by atoms with Crippen LogP contribution in [0.5, 0.6) is 0 Å². The highest BCUT2D eigenvalue weighted by molar-refractivity contribution is 8.03. The molecular weight excluding hydrogens is 354 g/mol. The molecule has 2 unspecified atom stereocenters. The van der Waals surface area contributed by atoms with Gasteiger partial charge in [0.15, 0.2) is 0 Å². The second kappa shape index (κ2) is 7.43. The number of fused-ring (bicyclic) bond motifs is 1. The minimum absolute atomic E-state index is 0.0562. The number of hydrogen-bond acceptors (Lipinski definition) is 7. The highest BCUT2D eigenvalue weighted by Crippen LogP contribution is 2.44. The molecule has 0 aliphatic carbocycles. The van der Waals surface area contributed by atoms with E-state index in [1.165, 1.54) is 28.6 Å². The second-order valence-electron chi connectivity index (χ2n) is 7.92. The van der Waals surface area contributed by atoms with Gasteiger partial charge in [0.05, 0.1) is 12.3 Å². The van der Waals surface area contributed by atoms with E-state index < -0.39 is 0 Å². The summed E-state index contributed by atoms with van der Waals surface area (Å²) in [6.07, 6.45) is 0. The van der Waals surface area contributed by atoms with Crippen molar-refractivity contribution in [3.8, 4) is 0 Å². The summed E-state index contributed by atoms with van der Waals surface area (Å²) < 4.78 is 5.32. The molecule has 1 aromatic heterocycles. The zero-order chi connectivity index (χ0) is 17.4. The zero-order valence-corrected chi connectivity index (χ0v) is 16.9. The molecule has 0 amide bonds. The van der Waals surface area contributed by atoms with Crippen LogP contribution >= 0.6 is 23.5 Å². The van der Waals surface area contributed by atoms with Crippen LogP contribution in [-0.2, 0) is 6.54 Å². The first kappa shape index (κ1) is 18.2. The van der Waals surface area contributed by atoms with Gasteiger partial charge in [-0.3, -0.25) is 9.80 Å². The molecule has 0 bridgehead atoms.